The van der Waals surface area contributed by atoms with Gasteiger partial charge in [-0.2, -0.15) is 0 Å². The van der Waals surface area contributed by atoms with Gasteiger partial charge in [0.25, 0.3) is 0 Å². The number of fused-ring (bicyclic) bond motifs is 5. The minimum Gasteiger partial charge on any atom is -0.374 e. The molecule has 3 aliphatic rings. The first-order chi connectivity index (χ1) is 11.0. The maximum Gasteiger partial charge on any atom is 0.193 e. The van der Waals surface area contributed by atoms with Gasteiger partial charge in [-0.1, -0.05) is 0 Å². The first kappa shape index (κ1) is 20.2. The molecule has 3 heterocycles. The molecule has 0 amide bonds. The average Bonchev–Trinajstić information content (AvgIpc) is 3.18. The molecule has 4 unspecified atom stereocenters. The van der Waals surface area contributed by atoms with Gasteiger partial charge in [0.15, 0.2) is 5.96 Å². The van der Waals surface area contributed by atoms with E-state index in [1.807, 2.05) is 7.05 Å². The van der Waals surface area contributed by atoms with Crippen LogP contribution >= 0.6 is 24.0 Å². The summed E-state index contributed by atoms with van der Waals surface area (Å²) in [5, 5.41) is 3.58. The van der Waals surface area contributed by atoms with Crippen molar-refractivity contribution in [1.82, 2.24) is 15.1 Å². The van der Waals surface area contributed by atoms with Crippen LogP contribution in [0.2, 0.25) is 0 Å². The molecule has 0 radical (unpaired) electrons. The number of guanidine groups is 1. The average molecular weight is 450 g/mol. The molecule has 5 nitrogen and oxygen atoms in total. The largest absolute Gasteiger partial charge is 0.374 e. The van der Waals surface area contributed by atoms with Crippen LogP contribution in [0.3, 0.4) is 0 Å². The van der Waals surface area contributed by atoms with E-state index in [-0.39, 0.29) is 24.0 Å². The van der Waals surface area contributed by atoms with Crippen molar-refractivity contribution < 1.29 is 4.74 Å². The number of ether oxygens (including phenoxy) is 1. The molecule has 0 aliphatic carbocycles. The Kier molecular flexibility index (Phi) is 7.20. The summed E-state index contributed by atoms with van der Waals surface area (Å²) in [6.07, 6.45) is 3.57. The van der Waals surface area contributed by atoms with Gasteiger partial charge in [0.2, 0.25) is 0 Å². The van der Waals surface area contributed by atoms with Crippen LogP contribution in [0, 0.1) is 11.8 Å². The van der Waals surface area contributed by atoms with Crippen LogP contribution in [0.1, 0.15) is 40.5 Å². The molecule has 3 fully saturated rings. The van der Waals surface area contributed by atoms with Crippen LogP contribution < -0.4 is 5.32 Å². The minimum atomic E-state index is 0. The third-order valence-electron chi connectivity index (χ3n) is 5.94. The lowest BCUT2D eigenvalue weighted by atomic mass is 9.82. The van der Waals surface area contributed by atoms with E-state index in [0.29, 0.717) is 24.3 Å². The van der Waals surface area contributed by atoms with E-state index < -0.39 is 0 Å². The van der Waals surface area contributed by atoms with Crippen molar-refractivity contribution in [2.24, 2.45) is 16.8 Å². The number of rotatable bonds is 5. The zero-order valence-electron chi connectivity index (χ0n) is 15.9. The summed E-state index contributed by atoms with van der Waals surface area (Å²) in [6.45, 7) is 13.3. The molecule has 1 N–H and O–H groups in total. The second kappa shape index (κ2) is 8.54. The van der Waals surface area contributed by atoms with E-state index in [1.165, 1.54) is 12.8 Å². The lowest BCUT2D eigenvalue weighted by molar-refractivity contribution is 0.0766. The van der Waals surface area contributed by atoms with Gasteiger partial charge in [-0.3, -0.25) is 9.89 Å². The van der Waals surface area contributed by atoms with Gasteiger partial charge in [-0.25, -0.2) is 0 Å². The van der Waals surface area contributed by atoms with Crippen LogP contribution in [0.5, 0.6) is 0 Å². The molecule has 3 saturated heterocycles. The fourth-order valence-electron chi connectivity index (χ4n) is 4.87. The van der Waals surface area contributed by atoms with Gasteiger partial charge in [0.1, 0.15) is 0 Å². The first-order valence-electron chi connectivity index (χ1n) is 9.38. The van der Waals surface area contributed by atoms with Gasteiger partial charge < -0.3 is 15.0 Å². The molecule has 3 aliphatic heterocycles. The Bertz CT molecular complexity index is 417. The Morgan fingerprint density at radius 2 is 1.67 bits per heavy atom. The van der Waals surface area contributed by atoms with Crippen molar-refractivity contribution in [1.29, 1.82) is 0 Å². The Hall–Kier alpha value is -0.0800. The van der Waals surface area contributed by atoms with Gasteiger partial charge in [-0.05, 0) is 40.5 Å². The fourth-order valence-corrected chi connectivity index (χ4v) is 4.87. The van der Waals surface area contributed by atoms with Crippen LogP contribution in [-0.4, -0.2) is 73.3 Å². The summed E-state index contributed by atoms with van der Waals surface area (Å²) in [7, 11) is 1.91. The zero-order chi connectivity index (χ0) is 16.6. The Morgan fingerprint density at radius 3 is 2.12 bits per heavy atom. The van der Waals surface area contributed by atoms with Crippen molar-refractivity contribution in [2.45, 2.75) is 64.8 Å². The maximum atomic E-state index is 6.07. The summed E-state index contributed by atoms with van der Waals surface area (Å²) in [5.41, 5.74) is 0. The quantitative estimate of drug-likeness (QED) is 0.397. The van der Waals surface area contributed by atoms with Crippen LogP contribution in [0.25, 0.3) is 0 Å². The SMILES string of the molecule is CN=C(NCCN(C(C)C)C(C)C)N1CC2C3CCC(O3)C2C1.I. The van der Waals surface area contributed by atoms with Gasteiger partial charge in [-0.15, -0.1) is 24.0 Å². The summed E-state index contributed by atoms with van der Waals surface area (Å²) in [6, 6.07) is 1.16. The third-order valence-corrected chi connectivity index (χ3v) is 5.94. The number of hydrogen-bond donors (Lipinski definition) is 1. The minimum absolute atomic E-state index is 0. The van der Waals surface area contributed by atoms with Crippen molar-refractivity contribution in [3.63, 3.8) is 0 Å². The Morgan fingerprint density at radius 1 is 1.12 bits per heavy atom. The number of nitrogens with zero attached hydrogens (tertiary/aromatic N) is 3. The monoisotopic (exact) mass is 450 g/mol. The summed E-state index contributed by atoms with van der Waals surface area (Å²) < 4.78 is 6.07. The fraction of sp³-hybridized carbons (Fsp3) is 0.944. The van der Waals surface area contributed by atoms with Crippen molar-refractivity contribution >= 4 is 29.9 Å². The predicted octanol–water partition coefficient (Wildman–Crippen LogP) is 2.41. The number of nitrogens with one attached hydrogen (secondary N) is 1. The molecule has 2 bridgehead atoms. The van der Waals surface area contributed by atoms with E-state index in [1.54, 1.807) is 0 Å². The normalized spacial score (nSPS) is 32.0. The van der Waals surface area contributed by atoms with Crippen molar-refractivity contribution in [2.75, 3.05) is 33.2 Å². The standard InChI is InChI=1S/C18H34N4O.HI/c1-12(2)22(13(3)4)9-8-20-18(19-5)21-10-14-15(11-21)17-7-6-16(14)23-17;/h12-17H,6-11H2,1-5H3,(H,19,20);1H. The Balaban J connectivity index is 0.00000208. The van der Waals surface area contributed by atoms with E-state index in [2.05, 4.69) is 47.8 Å². The molecule has 140 valence electrons. The highest BCUT2D eigenvalue weighted by Gasteiger charge is 2.53. The lowest BCUT2D eigenvalue weighted by Gasteiger charge is -2.31. The molecule has 4 atom stereocenters. The number of likely N-dealkylation sites (tertiary alicyclic amines) is 1. The summed E-state index contributed by atoms with van der Waals surface area (Å²) in [5.74, 6) is 2.54. The molecular weight excluding hydrogens is 415 g/mol. The van der Waals surface area contributed by atoms with Gasteiger partial charge in [0, 0.05) is 57.1 Å². The molecular formula is C18H35IN4O. The topological polar surface area (TPSA) is 40.1 Å². The molecule has 24 heavy (non-hydrogen) atoms. The molecule has 0 aromatic heterocycles. The molecule has 3 rings (SSSR count). The van der Waals surface area contributed by atoms with Gasteiger partial charge in [0.05, 0.1) is 12.2 Å². The number of hydrogen-bond acceptors (Lipinski definition) is 3. The van der Waals surface area contributed by atoms with E-state index in [9.17, 15) is 0 Å². The highest BCUT2D eigenvalue weighted by Crippen LogP contribution is 2.47. The highest BCUT2D eigenvalue weighted by molar-refractivity contribution is 14.0. The second-order valence-corrected chi connectivity index (χ2v) is 7.92. The molecule has 0 aromatic carbocycles. The highest BCUT2D eigenvalue weighted by atomic mass is 127. The third kappa shape index (κ3) is 4.01. The van der Waals surface area contributed by atoms with E-state index in [0.717, 1.165) is 44.0 Å². The zero-order valence-corrected chi connectivity index (χ0v) is 18.2. The Labute approximate surface area is 164 Å². The van der Waals surface area contributed by atoms with Gasteiger partial charge >= 0.3 is 0 Å². The number of halogens is 1. The van der Waals surface area contributed by atoms with Crippen molar-refractivity contribution in [3.8, 4) is 0 Å². The van der Waals surface area contributed by atoms with E-state index in [4.69, 9.17) is 4.74 Å². The maximum absolute atomic E-state index is 6.07. The molecule has 0 aromatic rings. The van der Waals surface area contributed by atoms with Crippen molar-refractivity contribution in [3.05, 3.63) is 0 Å². The molecule has 0 spiro atoms. The van der Waals surface area contributed by atoms with Crippen LogP contribution in [0.15, 0.2) is 4.99 Å². The lowest BCUT2D eigenvalue weighted by Crippen LogP contribution is -2.46. The molecule has 6 heteroatoms. The van der Waals surface area contributed by atoms with E-state index >= 15 is 0 Å². The molecule has 0 saturated carbocycles. The predicted molar refractivity (Wildman–Crippen MR) is 110 cm³/mol. The second-order valence-electron chi connectivity index (χ2n) is 7.92. The smallest absolute Gasteiger partial charge is 0.193 e. The number of aliphatic imine (C=N–C) groups is 1. The first-order valence-corrected chi connectivity index (χ1v) is 9.38. The summed E-state index contributed by atoms with van der Waals surface area (Å²) in [4.78, 5) is 9.50. The van der Waals surface area contributed by atoms with Crippen LogP contribution in [0.4, 0.5) is 0 Å². The van der Waals surface area contributed by atoms with Crippen LogP contribution in [-0.2, 0) is 4.74 Å². The summed E-state index contributed by atoms with van der Waals surface area (Å²) >= 11 is 0.